The number of anilines is 2. The summed E-state index contributed by atoms with van der Waals surface area (Å²) in [6.45, 7) is -1.88. The number of para-hydroxylation sites is 2. The van der Waals surface area contributed by atoms with Crippen LogP contribution in [0.25, 0.3) is 0 Å². The van der Waals surface area contributed by atoms with Gasteiger partial charge in [-0.05, 0) is 24.3 Å². The number of rotatable bonds is 8. The van der Waals surface area contributed by atoms with E-state index in [1.807, 2.05) is 0 Å². The molecule has 1 aliphatic rings. The third-order valence-electron chi connectivity index (χ3n) is 5.55. The molecule has 36 heavy (non-hydrogen) atoms. The number of nitrogens with zero attached hydrogens (tertiary/aromatic N) is 8. The van der Waals surface area contributed by atoms with Crippen LogP contribution in [0.5, 0.6) is 0 Å². The van der Waals surface area contributed by atoms with Gasteiger partial charge in [-0.3, -0.25) is 60.7 Å². The van der Waals surface area contributed by atoms with Gasteiger partial charge in [0.1, 0.15) is 29.5 Å². The minimum atomic E-state index is -4.95. The van der Waals surface area contributed by atoms with Crippen molar-refractivity contribution in [3.63, 3.8) is 0 Å². The maximum absolute atomic E-state index is 12.5. The van der Waals surface area contributed by atoms with Crippen LogP contribution >= 0.6 is 0 Å². The van der Waals surface area contributed by atoms with E-state index in [0.717, 1.165) is 36.4 Å². The Morgan fingerprint density at radius 3 is 1.22 bits per heavy atom. The van der Waals surface area contributed by atoms with E-state index >= 15 is 0 Å². The van der Waals surface area contributed by atoms with Gasteiger partial charge < -0.3 is 0 Å². The lowest BCUT2D eigenvalue weighted by molar-refractivity contribution is -0.952. The molecule has 3 rings (SSSR count). The van der Waals surface area contributed by atoms with Gasteiger partial charge in [0, 0.05) is 0 Å². The van der Waals surface area contributed by atoms with Crippen LogP contribution in [0.2, 0.25) is 0 Å². The lowest BCUT2D eigenvalue weighted by Crippen LogP contribution is -2.93. The molecule has 1 heterocycles. The van der Waals surface area contributed by atoms with Crippen molar-refractivity contribution in [1.29, 1.82) is 0 Å². The van der Waals surface area contributed by atoms with Gasteiger partial charge in [0.25, 0.3) is 0 Å². The molecule has 0 saturated carbocycles. The first-order valence-electron chi connectivity index (χ1n) is 9.39. The number of hydrogen-bond acceptors (Lipinski definition) is 14. The predicted octanol–water partition coefficient (Wildman–Crippen LogP) is 0.635. The molecular formula is C16H12N8O12. The minimum Gasteiger partial charge on any atom is -0.257 e. The molecule has 0 atom stereocenters. The van der Waals surface area contributed by atoms with E-state index in [-0.39, 0.29) is 4.90 Å². The molecule has 0 aromatic heterocycles. The SMILES string of the molecule is O=[N+]([O-])C1([N+](=O)[O-])CN(c2ccccc2)C([N+](=O)[O-])([N+](=O)[O-])C([N+](=O)[O-])([N+](=O)[O-])N1c1ccccc1. The molecule has 0 amide bonds. The van der Waals surface area contributed by atoms with Crippen molar-refractivity contribution in [2.75, 3.05) is 16.3 Å². The molecule has 0 N–H and O–H groups in total. The van der Waals surface area contributed by atoms with Crippen molar-refractivity contribution in [1.82, 2.24) is 0 Å². The highest BCUT2D eigenvalue weighted by atomic mass is 16.7. The normalized spacial score (nSPS) is 17.6. The first-order chi connectivity index (χ1) is 16.8. The minimum absolute atomic E-state index is 0.274. The van der Waals surface area contributed by atoms with Gasteiger partial charge in [0.05, 0.1) is 11.4 Å². The molecule has 0 radical (unpaired) electrons. The average molecular weight is 508 g/mol. The molecule has 20 nitrogen and oxygen atoms in total. The van der Waals surface area contributed by atoms with Crippen LogP contribution < -0.4 is 9.80 Å². The van der Waals surface area contributed by atoms with E-state index in [2.05, 4.69) is 0 Å². The van der Waals surface area contributed by atoms with Crippen LogP contribution in [0.1, 0.15) is 0 Å². The van der Waals surface area contributed by atoms with Crippen LogP contribution in [0.4, 0.5) is 11.4 Å². The summed E-state index contributed by atoms with van der Waals surface area (Å²) in [7, 11) is 0. The van der Waals surface area contributed by atoms with Gasteiger partial charge in [-0.25, -0.2) is 4.90 Å². The van der Waals surface area contributed by atoms with Gasteiger partial charge in [0.2, 0.25) is 0 Å². The second kappa shape index (κ2) is 8.34. The van der Waals surface area contributed by atoms with Crippen LogP contribution in [-0.2, 0) is 0 Å². The van der Waals surface area contributed by atoms with Gasteiger partial charge in [-0.2, -0.15) is 0 Å². The third-order valence-corrected chi connectivity index (χ3v) is 5.55. The summed E-state index contributed by atoms with van der Waals surface area (Å²) in [5, 5.41) is 74.3. The third kappa shape index (κ3) is 2.87. The van der Waals surface area contributed by atoms with Crippen molar-refractivity contribution in [3.8, 4) is 0 Å². The topological polar surface area (TPSA) is 265 Å². The van der Waals surface area contributed by atoms with E-state index in [4.69, 9.17) is 0 Å². The standard InChI is InChI=1S/C16H12N8O12/c25-19(26)14(20(27)28)11-17(12-7-3-1-4-8-12)15(21(29)30,22(31)32)16(23(33)34,24(35)36)18(14)13-9-5-2-6-10-13/h1-10H,11H2. The van der Waals surface area contributed by atoms with E-state index < -0.39 is 69.7 Å². The molecule has 2 aromatic rings. The lowest BCUT2D eigenvalue weighted by atomic mass is 9.96. The fourth-order valence-electron chi connectivity index (χ4n) is 4.15. The van der Waals surface area contributed by atoms with Crippen molar-refractivity contribution < 1.29 is 29.5 Å². The quantitative estimate of drug-likeness (QED) is 0.269. The Hall–Kier alpha value is -5.56. The van der Waals surface area contributed by atoms with Crippen molar-refractivity contribution in [2.45, 2.75) is 17.4 Å². The number of nitro groups is 6. The zero-order valence-corrected chi connectivity index (χ0v) is 17.5. The second-order valence-electron chi connectivity index (χ2n) is 7.18. The maximum Gasteiger partial charge on any atom is 0.721 e. The van der Waals surface area contributed by atoms with E-state index in [1.165, 1.54) is 12.1 Å². The molecule has 188 valence electrons. The Morgan fingerprint density at radius 1 is 0.528 bits per heavy atom. The largest absolute Gasteiger partial charge is 0.721 e. The first-order valence-corrected chi connectivity index (χ1v) is 9.39. The highest BCUT2D eigenvalue weighted by Crippen LogP contribution is 2.49. The number of benzene rings is 2. The van der Waals surface area contributed by atoms with Gasteiger partial charge in [-0.1, -0.05) is 41.3 Å². The zero-order chi connectivity index (χ0) is 27.1. The summed E-state index contributed by atoms with van der Waals surface area (Å²) >= 11 is 0. The summed E-state index contributed by atoms with van der Waals surface area (Å²) in [5.74, 6) is -13.7. The van der Waals surface area contributed by atoms with Gasteiger partial charge >= 0.3 is 17.4 Å². The maximum atomic E-state index is 12.5. The number of piperazine rings is 1. The highest BCUT2D eigenvalue weighted by Gasteiger charge is 3.06. The van der Waals surface area contributed by atoms with Crippen molar-refractivity contribution in [3.05, 3.63) is 121 Å². The smallest absolute Gasteiger partial charge is 0.257 e. The van der Waals surface area contributed by atoms with Crippen LogP contribution in [0.3, 0.4) is 0 Å². The lowest BCUT2D eigenvalue weighted by Gasteiger charge is -2.43. The predicted molar refractivity (Wildman–Crippen MR) is 113 cm³/mol. The Labute approximate surface area is 196 Å². The van der Waals surface area contributed by atoms with E-state index in [9.17, 15) is 60.7 Å². The monoisotopic (exact) mass is 508 g/mol. The summed E-state index contributed by atoms with van der Waals surface area (Å²) in [5.41, 5.74) is -1.74. The summed E-state index contributed by atoms with van der Waals surface area (Å²) in [6, 6.07) is 9.86. The molecule has 0 bridgehead atoms. The molecule has 2 aromatic carbocycles. The molecule has 1 saturated heterocycles. The molecule has 0 unspecified atom stereocenters. The zero-order valence-electron chi connectivity index (χ0n) is 17.5. The van der Waals surface area contributed by atoms with Crippen molar-refractivity contribution >= 4 is 11.4 Å². The molecule has 1 fully saturated rings. The van der Waals surface area contributed by atoms with Crippen molar-refractivity contribution in [2.24, 2.45) is 0 Å². The average Bonchev–Trinajstić information content (AvgIpc) is 2.82. The Bertz CT molecular complexity index is 1230. The first kappa shape index (κ1) is 25.1. The van der Waals surface area contributed by atoms with Crippen LogP contribution in [-0.4, -0.2) is 53.4 Å². The fourth-order valence-corrected chi connectivity index (χ4v) is 4.15. The Kier molecular flexibility index (Phi) is 5.81. The molecular weight excluding hydrogens is 496 g/mol. The second-order valence-corrected chi connectivity index (χ2v) is 7.18. The van der Waals surface area contributed by atoms with Crippen LogP contribution in [0, 0.1) is 60.7 Å². The molecule has 1 aliphatic heterocycles. The summed E-state index contributed by atoms with van der Waals surface area (Å²) in [6.07, 6.45) is 0. The molecule has 0 spiro atoms. The van der Waals surface area contributed by atoms with E-state index in [0.29, 0.717) is 12.1 Å². The summed E-state index contributed by atoms with van der Waals surface area (Å²) < 4.78 is 0. The van der Waals surface area contributed by atoms with E-state index in [1.54, 1.807) is 0 Å². The number of hydrogen-bond donors (Lipinski definition) is 0. The Balaban J connectivity index is 2.72. The fraction of sp³-hybridized carbons (Fsp3) is 0.250. The van der Waals surface area contributed by atoms with Crippen LogP contribution in [0.15, 0.2) is 60.7 Å². The van der Waals surface area contributed by atoms with Gasteiger partial charge in [0.15, 0.2) is 6.54 Å². The summed E-state index contributed by atoms with van der Waals surface area (Å²) in [4.78, 5) is 61.7. The van der Waals surface area contributed by atoms with Gasteiger partial charge in [-0.15, -0.1) is 0 Å². The molecule has 0 aliphatic carbocycles. The Morgan fingerprint density at radius 2 is 0.889 bits per heavy atom. The molecule has 20 heteroatoms. The highest BCUT2D eigenvalue weighted by molar-refractivity contribution is 5.56.